The van der Waals surface area contributed by atoms with Crippen molar-refractivity contribution in [1.82, 2.24) is 19.9 Å². The summed E-state index contributed by atoms with van der Waals surface area (Å²) in [6.07, 6.45) is 16.7. The molecule has 3 heterocycles. The van der Waals surface area contributed by atoms with Crippen molar-refractivity contribution in [2.45, 2.75) is 74.8 Å². The minimum atomic E-state index is 0.171. The third kappa shape index (κ3) is 5.05. The Morgan fingerprint density at radius 3 is 2.50 bits per heavy atom. The van der Waals surface area contributed by atoms with Crippen LogP contribution >= 0.6 is 23.1 Å². The summed E-state index contributed by atoms with van der Waals surface area (Å²) in [4.78, 5) is 30.0. The Kier molecular flexibility index (Phi) is 6.77. The van der Waals surface area contributed by atoms with Crippen LogP contribution in [0.3, 0.4) is 0 Å². The molecule has 0 radical (unpaired) electrons. The normalized spacial score (nSPS) is 23.4. The minimum absolute atomic E-state index is 0.171. The minimum Gasteiger partial charge on any atom is -0.359 e. The molecule has 1 aromatic carbocycles. The van der Waals surface area contributed by atoms with E-state index in [0.29, 0.717) is 23.4 Å². The maximum Gasteiger partial charge on any atom is 0.253 e. The van der Waals surface area contributed by atoms with Gasteiger partial charge in [-0.15, -0.1) is 11.8 Å². The zero-order chi connectivity index (χ0) is 24.5. The van der Waals surface area contributed by atoms with E-state index in [1.807, 2.05) is 36.8 Å². The smallest absolute Gasteiger partial charge is 0.253 e. The summed E-state index contributed by atoms with van der Waals surface area (Å²) in [5.74, 6) is 0.868. The molecule has 1 spiro atoms. The van der Waals surface area contributed by atoms with Crippen molar-refractivity contribution in [1.29, 1.82) is 0 Å². The van der Waals surface area contributed by atoms with Crippen molar-refractivity contribution in [3.05, 3.63) is 36.2 Å². The SMILES string of the molecule is CSc1cnc(N[C@H]2CC[C@H](Nc3nc4ccc(C(=O)N5CCC6(CCCC6)CC5)cc4s3)C2)nc1. The van der Waals surface area contributed by atoms with Crippen LogP contribution in [-0.2, 0) is 0 Å². The van der Waals surface area contributed by atoms with E-state index in [4.69, 9.17) is 4.98 Å². The molecule has 3 aromatic rings. The van der Waals surface area contributed by atoms with Gasteiger partial charge in [-0.25, -0.2) is 15.0 Å². The Hall–Kier alpha value is -2.39. The maximum atomic E-state index is 13.2. The van der Waals surface area contributed by atoms with Crippen LogP contribution in [0.25, 0.3) is 10.2 Å². The van der Waals surface area contributed by atoms with Gasteiger partial charge in [0.15, 0.2) is 5.13 Å². The molecule has 9 heteroatoms. The van der Waals surface area contributed by atoms with E-state index in [1.54, 1.807) is 23.1 Å². The largest absolute Gasteiger partial charge is 0.359 e. The fourth-order valence-corrected chi connectivity index (χ4v) is 7.51. The molecule has 7 nitrogen and oxygen atoms in total. The second kappa shape index (κ2) is 10.2. The first-order chi connectivity index (χ1) is 17.6. The Morgan fingerprint density at radius 1 is 1.06 bits per heavy atom. The number of nitrogens with zero attached hydrogens (tertiary/aromatic N) is 4. The Bertz CT molecular complexity index is 1210. The van der Waals surface area contributed by atoms with Gasteiger partial charge in [0.05, 0.1) is 10.2 Å². The van der Waals surface area contributed by atoms with E-state index in [2.05, 4.69) is 25.5 Å². The van der Waals surface area contributed by atoms with Crippen molar-refractivity contribution in [2.24, 2.45) is 5.41 Å². The molecule has 1 amide bonds. The van der Waals surface area contributed by atoms with Gasteiger partial charge in [-0.2, -0.15) is 0 Å². The van der Waals surface area contributed by atoms with E-state index < -0.39 is 0 Å². The van der Waals surface area contributed by atoms with Crippen LogP contribution in [0, 0.1) is 5.41 Å². The molecule has 3 fully saturated rings. The lowest BCUT2D eigenvalue weighted by Crippen LogP contribution is -2.42. The molecule has 0 bridgehead atoms. The molecule has 1 saturated heterocycles. The number of likely N-dealkylation sites (tertiary alicyclic amines) is 1. The molecule has 2 N–H and O–H groups in total. The van der Waals surface area contributed by atoms with E-state index >= 15 is 0 Å². The summed E-state index contributed by atoms with van der Waals surface area (Å²) in [7, 11) is 0. The lowest BCUT2D eigenvalue weighted by Gasteiger charge is -2.39. The Labute approximate surface area is 220 Å². The van der Waals surface area contributed by atoms with E-state index in [1.165, 1.54) is 38.5 Å². The quantitative estimate of drug-likeness (QED) is 0.381. The summed E-state index contributed by atoms with van der Waals surface area (Å²) in [5, 5.41) is 8.04. The van der Waals surface area contributed by atoms with Crippen molar-refractivity contribution in [2.75, 3.05) is 30.0 Å². The molecular weight excluding hydrogens is 488 g/mol. The highest BCUT2D eigenvalue weighted by molar-refractivity contribution is 7.98. The fourth-order valence-electron chi connectivity index (χ4n) is 6.21. The number of carbonyl (C=O) groups is 1. The topological polar surface area (TPSA) is 83.0 Å². The number of anilines is 2. The molecule has 2 aromatic heterocycles. The average Bonchev–Trinajstić information content (AvgIpc) is 3.65. The summed E-state index contributed by atoms with van der Waals surface area (Å²) in [5.41, 5.74) is 2.27. The van der Waals surface area contributed by atoms with E-state index in [-0.39, 0.29) is 5.91 Å². The van der Waals surface area contributed by atoms with Gasteiger partial charge in [0.1, 0.15) is 0 Å². The molecule has 36 heavy (non-hydrogen) atoms. The number of thioether (sulfide) groups is 1. The van der Waals surface area contributed by atoms with Gasteiger partial charge in [-0.3, -0.25) is 4.79 Å². The van der Waals surface area contributed by atoms with Crippen LogP contribution in [0.2, 0.25) is 0 Å². The number of thiazole rings is 1. The van der Waals surface area contributed by atoms with Crippen LogP contribution in [-0.4, -0.2) is 57.2 Å². The van der Waals surface area contributed by atoms with Crippen molar-refractivity contribution in [3.8, 4) is 0 Å². The number of fused-ring (bicyclic) bond motifs is 1. The Balaban J connectivity index is 1.05. The van der Waals surface area contributed by atoms with Gasteiger partial charge >= 0.3 is 0 Å². The lowest BCUT2D eigenvalue weighted by atomic mass is 9.77. The zero-order valence-corrected chi connectivity index (χ0v) is 22.5. The van der Waals surface area contributed by atoms with Crippen LogP contribution in [0.5, 0.6) is 0 Å². The van der Waals surface area contributed by atoms with Crippen LogP contribution in [0.1, 0.15) is 68.1 Å². The highest BCUT2D eigenvalue weighted by Gasteiger charge is 2.38. The first-order valence-electron chi connectivity index (χ1n) is 13.2. The van der Waals surface area contributed by atoms with Gasteiger partial charge < -0.3 is 15.5 Å². The van der Waals surface area contributed by atoms with Gasteiger partial charge in [-0.05, 0) is 74.8 Å². The van der Waals surface area contributed by atoms with Crippen LogP contribution < -0.4 is 10.6 Å². The van der Waals surface area contributed by atoms with Crippen molar-refractivity contribution >= 4 is 50.3 Å². The Morgan fingerprint density at radius 2 is 1.78 bits per heavy atom. The molecule has 6 rings (SSSR count). The molecule has 2 aliphatic carbocycles. The molecule has 1 aliphatic heterocycles. The van der Waals surface area contributed by atoms with Gasteiger partial charge in [0.25, 0.3) is 5.91 Å². The monoisotopic (exact) mass is 522 g/mol. The number of amides is 1. The highest BCUT2D eigenvalue weighted by atomic mass is 32.2. The summed E-state index contributed by atoms with van der Waals surface area (Å²) >= 11 is 3.29. The highest BCUT2D eigenvalue weighted by Crippen LogP contribution is 2.46. The van der Waals surface area contributed by atoms with Crippen LogP contribution in [0.15, 0.2) is 35.5 Å². The predicted molar refractivity (Wildman–Crippen MR) is 148 cm³/mol. The van der Waals surface area contributed by atoms with E-state index in [9.17, 15) is 4.79 Å². The molecule has 190 valence electrons. The third-order valence-corrected chi connectivity index (χ3v) is 10.00. The number of rotatable bonds is 6. The molecule has 0 unspecified atom stereocenters. The number of piperidine rings is 1. The number of carbonyl (C=O) groups excluding carboxylic acids is 1. The van der Waals surface area contributed by atoms with Crippen molar-refractivity contribution < 1.29 is 4.79 Å². The van der Waals surface area contributed by atoms with Crippen molar-refractivity contribution in [3.63, 3.8) is 0 Å². The molecule has 2 atom stereocenters. The van der Waals surface area contributed by atoms with Gasteiger partial charge in [-0.1, -0.05) is 24.2 Å². The summed E-state index contributed by atoms with van der Waals surface area (Å²) in [6, 6.07) is 6.71. The standard InChI is InChI=1S/C27H34N6OS2/c1-35-21-16-28-25(29-17-21)30-19-5-6-20(15-19)31-26-32-22-7-4-18(14-23(22)36-26)24(34)33-12-10-27(11-13-33)8-2-3-9-27/h4,7,14,16-17,19-20H,2-3,5-6,8-13,15H2,1H3,(H,31,32)(H,28,29,30)/t19-,20-/m0/s1. The molecular formula is C27H34N6OS2. The number of benzene rings is 1. The second-order valence-electron chi connectivity index (χ2n) is 10.6. The number of aromatic nitrogens is 3. The van der Waals surface area contributed by atoms with Crippen LogP contribution in [0.4, 0.5) is 11.1 Å². The first-order valence-corrected chi connectivity index (χ1v) is 15.2. The average molecular weight is 523 g/mol. The first kappa shape index (κ1) is 24.0. The predicted octanol–water partition coefficient (Wildman–Crippen LogP) is 6.05. The zero-order valence-electron chi connectivity index (χ0n) is 20.8. The second-order valence-corrected chi connectivity index (χ2v) is 12.6. The van der Waals surface area contributed by atoms with E-state index in [0.717, 1.165) is 58.2 Å². The number of nitrogens with one attached hydrogen (secondary N) is 2. The maximum absolute atomic E-state index is 13.2. The van der Waals surface area contributed by atoms with Gasteiger partial charge in [0.2, 0.25) is 5.95 Å². The summed E-state index contributed by atoms with van der Waals surface area (Å²) < 4.78 is 1.07. The lowest BCUT2D eigenvalue weighted by molar-refractivity contribution is 0.0587. The number of hydrogen-bond donors (Lipinski definition) is 2. The molecule has 2 saturated carbocycles. The third-order valence-electron chi connectivity index (χ3n) is 8.37. The summed E-state index contributed by atoms with van der Waals surface area (Å²) in [6.45, 7) is 1.80. The molecule has 3 aliphatic rings. The van der Waals surface area contributed by atoms with Gasteiger partial charge in [0, 0.05) is 48.0 Å². The fraction of sp³-hybridized carbons (Fsp3) is 0.556. The number of hydrogen-bond acceptors (Lipinski definition) is 8.